The van der Waals surface area contributed by atoms with Gasteiger partial charge in [-0.3, -0.25) is 9.59 Å². The monoisotopic (exact) mass is 446 g/mol. The molecule has 0 aliphatic heterocycles. The molecule has 0 saturated carbocycles. The second-order valence-corrected chi connectivity index (χ2v) is 8.30. The van der Waals surface area contributed by atoms with Crippen LogP contribution in [0, 0.1) is 12.8 Å². The Morgan fingerprint density at radius 3 is 2.48 bits per heavy atom. The average molecular weight is 447 g/mol. The highest BCUT2D eigenvalue weighted by Gasteiger charge is 2.26. The van der Waals surface area contributed by atoms with Crippen LogP contribution in [0.15, 0.2) is 42.5 Å². The number of halogens is 1. The summed E-state index contributed by atoms with van der Waals surface area (Å²) < 4.78 is 11.0. The van der Waals surface area contributed by atoms with Crippen molar-refractivity contribution in [2.75, 3.05) is 20.3 Å². The molecule has 0 aliphatic rings. The number of hydrogen-bond donors (Lipinski definition) is 1. The third kappa shape index (κ3) is 7.47. The summed E-state index contributed by atoms with van der Waals surface area (Å²) in [5, 5.41) is 3.53. The lowest BCUT2D eigenvalue weighted by Crippen LogP contribution is -2.49. The van der Waals surface area contributed by atoms with Crippen molar-refractivity contribution in [1.29, 1.82) is 0 Å². The first kappa shape index (κ1) is 24.5. The van der Waals surface area contributed by atoms with Crippen LogP contribution in [0.2, 0.25) is 5.02 Å². The minimum absolute atomic E-state index is 0.188. The largest absolute Gasteiger partial charge is 0.497 e. The average Bonchev–Trinajstić information content (AvgIpc) is 2.76. The van der Waals surface area contributed by atoms with E-state index in [1.807, 2.05) is 45.0 Å². The lowest BCUT2D eigenvalue weighted by atomic mass is 10.1. The number of aryl methyl sites for hydroxylation is 1. The fourth-order valence-corrected chi connectivity index (χ4v) is 3.06. The summed E-state index contributed by atoms with van der Waals surface area (Å²) in [4.78, 5) is 27.3. The van der Waals surface area contributed by atoms with E-state index in [0.29, 0.717) is 29.0 Å². The molecule has 1 atom stereocenters. The molecule has 0 radical (unpaired) electrons. The van der Waals surface area contributed by atoms with Gasteiger partial charge < -0.3 is 19.7 Å². The third-order valence-electron chi connectivity index (χ3n) is 4.83. The standard InChI is InChI=1S/C24H31ClN2O4/c1-16(2)13-26-24(29)18(4)27(14-19-7-6-8-20(12-19)30-5)23(28)15-31-21-9-10-22(25)17(3)11-21/h6-12,16,18H,13-15H2,1-5H3,(H,26,29). The molecule has 0 heterocycles. The molecule has 6 nitrogen and oxygen atoms in total. The predicted molar refractivity (Wildman–Crippen MR) is 123 cm³/mol. The molecule has 7 heteroatoms. The van der Waals surface area contributed by atoms with Gasteiger partial charge in [0, 0.05) is 18.1 Å². The zero-order valence-electron chi connectivity index (χ0n) is 18.8. The molecule has 2 rings (SSSR count). The van der Waals surface area contributed by atoms with Crippen molar-refractivity contribution < 1.29 is 19.1 Å². The Labute approximate surface area is 189 Å². The summed E-state index contributed by atoms with van der Waals surface area (Å²) in [5.74, 6) is 1.06. The van der Waals surface area contributed by atoms with E-state index < -0.39 is 6.04 Å². The summed E-state index contributed by atoms with van der Waals surface area (Å²) in [6.45, 7) is 8.25. The Kier molecular flexibility index (Phi) is 9.19. The van der Waals surface area contributed by atoms with E-state index >= 15 is 0 Å². The van der Waals surface area contributed by atoms with Crippen LogP contribution in [-0.2, 0) is 16.1 Å². The van der Waals surface area contributed by atoms with Crippen molar-refractivity contribution in [2.24, 2.45) is 5.92 Å². The maximum Gasteiger partial charge on any atom is 0.261 e. The van der Waals surface area contributed by atoms with E-state index in [4.69, 9.17) is 21.1 Å². The quantitative estimate of drug-likeness (QED) is 0.593. The van der Waals surface area contributed by atoms with E-state index in [9.17, 15) is 9.59 Å². The van der Waals surface area contributed by atoms with E-state index in [1.54, 1.807) is 32.2 Å². The second kappa shape index (κ2) is 11.6. The van der Waals surface area contributed by atoms with Crippen molar-refractivity contribution >= 4 is 23.4 Å². The summed E-state index contributed by atoms with van der Waals surface area (Å²) in [7, 11) is 1.59. The molecule has 0 aromatic heterocycles. The number of rotatable bonds is 10. The molecule has 0 saturated heterocycles. The molecular weight excluding hydrogens is 416 g/mol. The molecule has 0 bridgehead atoms. The van der Waals surface area contributed by atoms with Crippen LogP contribution in [0.3, 0.4) is 0 Å². The van der Waals surface area contributed by atoms with E-state index in [2.05, 4.69) is 5.32 Å². The topological polar surface area (TPSA) is 67.9 Å². The van der Waals surface area contributed by atoms with Gasteiger partial charge in [0.15, 0.2) is 6.61 Å². The lowest BCUT2D eigenvalue weighted by molar-refractivity contribution is -0.142. The predicted octanol–water partition coefficient (Wildman–Crippen LogP) is 4.23. The maximum atomic E-state index is 13.1. The zero-order chi connectivity index (χ0) is 23.0. The van der Waals surface area contributed by atoms with Crippen molar-refractivity contribution in [2.45, 2.75) is 40.3 Å². The van der Waals surface area contributed by atoms with Crippen molar-refractivity contribution in [3.05, 3.63) is 58.6 Å². The highest BCUT2D eigenvalue weighted by Crippen LogP contribution is 2.21. The molecule has 1 N–H and O–H groups in total. The number of nitrogens with zero attached hydrogens (tertiary/aromatic N) is 1. The van der Waals surface area contributed by atoms with Gasteiger partial charge in [0.1, 0.15) is 17.5 Å². The van der Waals surface area contributed by atoms with Crippen molar-refractivity contribution in [3.8, 4) is 11.5 Å². The smallest absolute Gasteiger partial charge is 0.261 e. The fourth-order valence-electron chi connectivity index (χ4n) is 2.94. The van der Waals surface area contributed by atoms with E-state index in [1.165, 1.54) is 4.90 Å². The van der Waals surface area contributed by atoms with Gasteiger partial charge >= 0.3 is 0 Å². The number of nitrogens with one attached hydrogen (secondary N) is 1. The van der Waals surface area contributed by atoms with Crippen LogP contribution < -0.4 is 14.8 Å². The molecule has 0 aliphatic carbocycles. The second-order valence-electron chi connectivity index (χ2n) is 7.89. The summed E-state index contributed by atoms with van der Waals surface area (Å²) in [6.07, 6.45) is 0. The highest BCUT2D eigenvalue weighted by molar-refractivity contribution is 6.31. The number of benzene rings is 2. The van der Waals surface area contributed by atoms with Gasteiger partial charge in [-0.2, -0.15) is 0 Å². The first-order valence-corrected chi connectivity index (χ1v) is 10.7. The normalized spacial score (nSPS) is 11.7. The van der Waals surface area contributed by atoms with Gasteiger partial charge in [0.25, 0.3) is 5.91 Å². The first-order chi connectivity index (χ1) is 14.7. The SMILES string of the molecule is COc1cccc(CN(C(=O)COc2ccc(Cl)c(C)c2)C(C)C(=O)NCC(C)C)c1. The van der Waals surface area contributed by atoms with E-state index in [0.717, 1.165) is 11.1 Å². The number of hydrogen-bond acceptors (Lipinski definition) is 4. The minimum atomic E-state index is -0.659. The van der Waals surface area contributed by atoms with Crippen LogP contribution in [0.4, 0.5) is 0 Å². The molecule has 0 fully saturated rings. The summed E-state index contributed by atoms with van der Waals surface area (Å²) in [6, 6.07) is 12.0. The highest BCUT2D eigenvalue weighted by atomic mass is 35.5. The van der Waals surface area contributed by atoms with Crippen molar-refractivity contribution in [3.63, 3.8) is 0 Å². The van der Waals surface area contributed by atoms with Crippen LogP contribution >= 0.6 is 11.6 Å². The Morgan fingerprint density at radius 2 is 1.84 bits per heavy atom. The van der Waals surface area contributed by atoms with Crippen LogP contribution in [0.25, 0.3) is 0 Å². The summed E-state index contributed by atoms with van der Waals surface area (Å²) in [5.41, 5.74) is 1.72. The molecule has 31 heavy (non-hydrogen) atoms. The van der Waals surface area contributed by atoms with Gasteiger partial charge in [0.05, 0.1) is 7.11 Å². The van der Waals surface area contributed by atoms with Gasteiger partial charge in [-0.15, -0.1) is 0 Å². The molecular formula is C24H31ClN2O4. The Balaban J connectivity index is 2.16. The molecule has 1 unspecified atom stereocenters. The van der Waals surface area contributed by atoms with Gasteiger partial charge in [-0.05, 0) is 61.2 Å². The third-order valence-corrected chi connectivity index (χ3v) is 5.25. The lowest BCUT2D eigenvalue weighted by Gasteiger charge is -2.29. The molecule has 2 aromatic carbocycles. The Hall–Kier alpha value is -2.73. The number of carbonyl (C=O) groups excluding carboxylic acids is 2. The van der Waals surface area contributed by atoms with E-state index in [-0.39, 0.29) is 25.0 Å². The minimum Gasteiger partial charge on any atom is -0.497 e. The van der Waals surface area contributed by atoms with Crippen LogP contribution in [0.1, 0.15) is 31.9 Å². The number of carbonyl (C=O) groups is 2. The molecule has 0 spiro atoms. The number of methoxy groups -OCH3 is 1. The summed E-state index contributed by atoms with van der Waals surface area (Å²) >= 11 is 6.05. The van der Waals surface area contributed by atoms with Gasteiger partial charge in [0.2, 0.25) is 5.91 Å². The number of ether oxygens (including phenoxy) is 2. The van der Waals surface area contributed by atoms with Gasteiger partial charge in [-0.1, -0.05) is 37.6 Å². The van der Waals surface area contributed by atoms with Crippen LogP contribution in [-0.4, -0.2) is 43.0 Å². The number of amides is 2. The zero-order valence-corrected chi connectivity index (χ0v) is 19.5. The van der Waals surface area contributed by atoms with Gasteiger partial charge in [-0.25, -0.2) is 0 Å². The molecule has 168 valence electrons. The Bertz CT molecular complexity index is 901. The molecule has 2 amide bonds. The van der Waals surface area contributed by atoms with Crippen LogP contribution in [0.5, 0.6) is 11.5 Å². The molecule has 2 aromatic rings. The fraction of sp³-hybridized carbons (Fsp3) is 0.417. The Morgan fingerprint density at radius 1 is 1.10 bits per heavy atom. The van der Waals surface area contributed by atoms with Crippen molar-refractivity contribution in [1.82, 2.24) is 10.2 Å². The first-order valence-electron chi connectivity index (χ1n) is 10.3. The maximum absolute atomic E-state index is 13.1.